The standard InChI is InChI=1S/C13H16N4O8S/c1-5-3-17(11(21)16-8(5)19)9-7(18)13-6(24-9)2-15-12(13,10(14)20)4-26(22,23)25-13/h3,6-7,9,15,18H,2,4H2,1H3,(H2,14,20)(H,16,19,21)/t6-,7+,9-,12-,13-/m1/s1. The first-order chi connectivity index (χ1) is 12.0. The summed E-state index contributed by atoms with van der Waals surface area (Å²) in [5, 5.41) is 13.6. The van der Waals surface area contributed by atoms with E-state index in [0.29, 0.717) is 0 Å². The van der Waals surface area contributed by atoms with Gasteiger partial charge in [-0.15, -0.1) is 0 Å². The Hall–Kier alpha value is -2.06. The van der Waals surface area contributed by atoms with Crippen LogP contribution in [0.3, 0.4) is 0 Å². The van der Waals surface area contributed by atoms with Crippen molar-refractivity contribution in [3.8, 4) is 0 Å². The Morgan fingerprint density at radius 1 is 1.46 bits per heavy atom. The van der Waals surface area contributed by atoms with E-state index in [2.05, 4.69) is 10.3 Å². The van der Waals surface area contributed by atoms with Gasteiger partial charge in [0.05, 0.1) is 0 Å². The van der Waals surface area contributed by atoms with E-state index in [0.717, 1.165) is 4.57 Å². The number of rotatable bonds is 2. The summed E-state index contributed by atoms with van der Waals surface area (Å²) in [6.07, 6.45) is -2.99. The zero-order valence-corrected chi connectivity index (χ0v) is 14.3. The van der Waals surface area contributed by atoms with Crippen molar-refractivity contribution in [2.24, 2.45) is 5.73 Å². The van der Waals surface area contributed by atoms with Crippen LogP contribution in [-0.4, -0.2) is 64.6 Å². The van der Waals surface area contributed by atoms with Crippen molar-refractivity contribution in [1.82, 2.24) is 14.9 Å². The van der Waals surface area contributed by atoms with Gasteiger partial charge in [-0.3, -0.25) is 28.6 Å². The maximum Gasteiger partial charge on any atom is 0.330 e. The van der Waals surface area contributed by atoms with Gasteiger partial charge in [0.2, 0.25) is 5.91 Å². The normalized spacial score (nSPS) is 40.3. The molecule has 13 heteroatoms. The second kappa shape index (κ2) is 5.01. The lowest BCUT2D eigenvalue weighted by molar-refractivity contribution is -0.134. The van der Waals surface area contributed by atoms with Crippen LogP contribution in [0.4, 0.5) is 0 Å². The van der Waals surface area contributed by atoms with E-state index in [9.17, 15) is 27.9 Å². The largest absolute Gasteiger partial charge is 0.385 e. The van der Waals surface area contributed by atoms with Crippen molar-refractivity contribution < 1.29 is 27.2 Å². The smallest absolute Gasteiger partial charge is 0.330 e. The van der Waals surface area contributed by atoms with Gasteiger partial charge in [0.25, 0.3) is 15.7 Å². The number of aryl methyl sites for hydroxylation is 1. The monoisotopic (exact) mass is 388 g/mol. The Balaban J connectivity index is 1.88. The number of H-pyrrole nitrogens is 1. The number of nitrogens with two attached hydrogens (primary N) is 1. The number of nitrogens with one attached hydrogen (secondary N) is 2. The fraction of sp³-hybridized carbons (Fsp3) is 0.615. The summed E-state index contributed by atoms with van der Waals surface area (Å²) in [5.41, 5.74) is 0.239. The number of aliphatic hydroxyl groups is 1. The molecule has 3 aliphatic rings. The van der Waals surface area contributed by atoms with E-state index in [1.807, 2.05) is 0 Å². The molecule has 4 rings (SSSR count). The molecule has 0 radical (unpaired) electrons. The number of amides is 1. The molecule has 1 amide bonds. The molecule has 4 heterocycles. The summed E-state index contributed by atoms with van der Waals surface area (Å²) in [6, 6.07) is 0. The minimum absolute atomic E-state index is 0.0247. The van der Waals surface area contributed by atoms with Crippen molar-refractivity contribution in [2.45, 2.75) is 36.5 Å². The van der Waals surface area contributed by atoms with Crippen molar-refractivity contribution >= 4 is 16.0 Å². The minimum atomic E-state index is -4.18. The highest BCUT2D eigenvalue weighted by molar-refractivity contribution is 7.87. The Morgan fingerprint density at radius 3 is 2.81 bits per heavy atom. The molecule has 3 fully saturated rings. The Morgan fingerprint density at radius 2 is 2.15 bits per heavy atom. The fourth-order valence-electron chi connectivity index (χ4n) is 4.06. The number of ether oxygens (including phenoxy) is 1. The lowest BCUT2D eigenvalue weighted by atomic mass is 9.77. The average molecular weight is 388 g/mol. The number of aromatic nitrogens is 2. The van der Waals surface area contributed by atoms with E-state index >= 15 is 0 Å². The molecule has 12 nitrogen and oxygen atoms in total. The molecule has 0 aromatic carbocycles. The quantitative estimate of drug-likeness (QED) is 0.367. The lowest BCUT2D eigenvalue weighted by Crippen LogP contribution is -2.68. The maximum absolute atomic E-state index is 12.1. The molecule has 0 saturated carbocycles. The number of carbonyl (C=O) groups excluding carboxylic acids is 1. The van der Waals surface area contributed by atoms with Crippen molar-refractivity contribution in [3.63, 3.8) is 0 Å². The van der Waals surface area contributed by atoms with Gasteiger partial charge in [0.1, 0.15) is 18.0 Å². The van der Waals surface area contributed by atoms with Crippen LogP contribution in [0.15, 0.2) is 15.8 Å². The first kappa shape index (κ1) is 17.4. The molecular weight excluding hydrogens is 372 g/mol. The predicted molar refractivity (Wildman–Crippen MR) is 83.5 cm³/mol. The van der Waals surface area contributed by atoms with E-state index in [4.69, 9.17) is 14.7 Å². The van der Waals surface area contributed by atoms with Gasteiger partial charge in [-0.25, -0.2) is 4.79 Å². The van der Waals surface area contributed by atoms with Gasteiger partial charge in [-0.05, 0) is 6.92 Å². The van der Waals surface area contributed by atoms with E-state index in [-0.39, 0.29) is 12.1 Å². The van der Waals surface area contributed by atoms with Crippen LogP contribution in [0.5, 0.6) is 0 Å². The number of hydrogen-bond donors (Lipinski definition) is 4. The zero-order valence-electron chi connectivity index (χ0n) is 13.5. The van der Waals surface area contributed by atoms with Crippen molar-refractivity contribution in [3.05, 3.63) is 32.6 Å². The number of nitrogens with zero attached hydrogens (tertiary/aromatic N) is 1. The summed E-state index contributed by atoms with van der Waals surface area (Å²) in [7, 11) is -4.18. The first-order valence-corrected chi connectivity index (χ1v) is 9.26. The number of hydrogen-bond acceptors (Lipinski definition) is 9. The summed E-state index contributed by atoms with van der Waals surface area (Å²) in [5.74, 6) is -1.78. The second-order valence-electron chi connectivity index (χ2n) is 6.67. The SMILES string of the molecule is Cc1cn([C@@H]2O[C@@H]3CN[C@@]4(C(N)=O)CS(=O)(=O)O[C@@]34[C@H]2O)c(=O)[nH]c1=O. The highest BCUT2D eigenvalue weighted by Crippen LogP contribution is 2.53. The molecule has 3 saturated heterocycles. The zero-order chi connectivity index (χ0) is 19.1. The van der Waals surface area contributed by atoms with Gasteiger partial charge >= 0.3 is 5.69 Å². The number of primary amides is 1. The van der Waals surface area contributed by atoms with Gasteiger partial charge in [0, 0.05) is 18.3 Å². The highest BCUT2D eigenvalue weighted by Gasteiger charge is 2.80. The van der Waals surface area contributed by atoms with Gasteiger partial charge < -0.3 is 15.6 Å². The van der Waals surface area contributed by atoms with Crippen LogP contribution in [0, 0.1) is 6.92 Å². The van der Waals surface area contributed by atoms with Crippen molar-refractivity contribution in [2.75, 3.05) is 12.3 Å². The third-order valence-corrected chi connectivity index (χ3v) is 6.56. The third kappa shape index (κ3) is 1.91. The molecule has 1 spiro atoms. The fourth-order valence-corrected chi connectivity index (χ4v) is 5.89. The van der Waals surface area contributed by atoms with Crippen LogP contribution in [0.2, 0.25) is 0 Å². The highest BCUT2D eigenvalue weighted by atomic mass is 32.2. The lowest BCUT2D eigenvalue weighted by Gasteiger charge is -2.35. The van der Waals surface area contributed by atoms with Crippen LogP contribution in [0.1, 0.15) is 11.8 Å². The molecule has 0 aliphatic carbocycles. The summed E-state index contributed by atoms with van der Waals surface area (Å²) in [6.45, 7) is 1.42. The van der Waals surface area contributed by atoms with Crippen molar-refractivity contribution in [1.29, 1.82) is 0 Å². The summed E-state index contributed by atoms with van der Waals surface area (Å²) >= 11 is 0. The molecule has 5 atom stereocenters. The third-order valence-electron chi connectivity index (χ3n) is 5.25. The molecular formula is C13H16N4O8S. The van der Waals surface area contributed by atoms with Crippen LogP contribution in [0.25, 0.3) is 0 Å². The summed E-state index contributed by atoms with van der Waals surface area (Å²) < 4.78 is 35.9. The molecule has 5 N–H and O–H groups in total. The molecule has 1 aromatic heterocycles. The Bertz CT molecular complexity index is 1030. The number of aromatic amines is 1. The van der Waals surface area contributed by atoms with E-state index < -0.39 is 62.6 Å². The van der Waals surface area contributed by atoms with Gasteiger partial charge in [-0.1, -0.05) is 0 Å². The molecule has 0 bridgehead atoms. The van der Waals surface area contributed by atoms with Crippen LogP contribution < -0.4 is 22.3 Å². The first-order valence-electron chi connectivity index (χ1n) is 7.68. The molecule has 26 heavy (non-hydrogen) atoms. The molecule has 3 aliphatic heterocycles. The Labute approximate surface area is 146 Å². The molecule has 0 unspecified atom stereocenters. The average Bonchev–Trinajstić information content (AvgIpc) is 3.06. The number of aliphatic hydroxyl groups excluding tert-OH is 1. The molecule has 1 aromatic rings. The van der Waals surface area contributed by atoms with E-state index in [1.165, 1.54) is 13.1 Å². The van der Waals surface area contributed by atoms with E-state index in [1.54, 1.807) is 0 Å². The predicted octanol–water partition coefficient (Wildman–Crippen LogP) is -3.97. The van der Waals surface area contributed by atoms with Gasteiger partial charge in [-0.2, -0.15) is 8.42 Å². The minimum Gasteiger partial charge on any atom is -0.385 e. The second-order valence-corrected chi connectivity index (χ2v) is 8.24. The topological polar surface area (TPSA) is 183 Å². The van der Waals surface area contributed by atoms with Gasteiger partial charge in [0.15, 0.2) is 17.4 Å². The van der Waals surface area contributed by atoms with Crippen LogP contribution >= 0.6 is 0 Å². The molecule has 142 valence electrons. The Kier molecular flexibility index (Phi) is 3.35. The summed E-state index contributed by atoms with van der Waals surface area (Å²) in [4.78, 5) is 37.9. The van der Waals surface area contributed by atoms with Crippen LogP contribution in [-0.2, 0) is 23.8 Å². The maximum atomic E-state index is 12.1. The number of carbonyl (C=O) groups is 1.